The minimum Gasteiger partial charge on any atom is -0.434 e. The van der Waals surface area contributed by atoms with Crippen LogP contribution in [0.25, 0.3) is 0 Å². The van der Waals surface area contributed by atoms with Crippen LogP contribution in [-0.4, -0.2) is 21.4 Å². The Labute approximate surface area is 126 Å². The maximum atomic E-state index is 11.2. The molecule has 0 fully saturated rings. The van der Waals surface area contributed by atoms with Crippen molar-refractivity contribution in [1.82, 2.24) is 9.97 Å². The predicted octanol–water partition coefficient (Wildman–Crippen LogP) is 3.65. The Morgan fingerprint density at radius 3 is 2.67 bits per heavy atom. The zero-order chi connectivity index (χ0) is 15.2. The van der Waals surface area contributed by atoms with Gasteiger partial charge in [-0.1, -0.05) is 18.5 Å². The molecule has 1 heterocycles. The number of hydrogen-bond donors (Lipinski definition) is 1. The molecule has 0 saturated carbocycles. The summed E-state index contributed by atoms with van der Waals surface area (Å²) in [6, 6.07) is 6.46. The van der Waals surface area contributed by atoms with Gasteiger partial charge in [-0.3, -0.25) is 10.1 Å². The first-order chi connectivity index (χ1) is 10.1. The van der Waals surface area contributed by atoms with Crippen molar-refractivity contribution in [2.75, 3.05) is 11.9 Å². The molecule has 0 atom stereocenters. The summed E-state index contributed by atoms with van der Waals surface area (Å²) in [6.45, 7) is 2.52. The number of anilines is 1. The van der Waals surface area contributed by atoms with Gasteiger partial charge in [-0.05, 0) is 30.7 Å². The van der Waals surface area contributed by atoms with Crippen LogP contribution in [0.4, 0.5) is 11.5 Å². The Kier molecular flexibility index (Phi) is 4.89. The third kappa shape index (κ3) is 3.79. The van der Waals surface area contributed by atoms with Crippen LogP contribution < -0.4 is 10.1 Å². The van der Waals surface area contributed by atoms with E-state index in [0.29, 0.717) is 17.3 Å². The summed E-state index contributed by atoms with van der Waals surface area (Å²) in [5, 5.41) is 14.7. The van der Waals surface area contributed by atoms with E-state index in [1.54, 1.807) is 24.3 Å². The summed E-state index contributed by atoms with van der Waals surface area (Å²) in [5.74, 6) is 0.430. The molecule has 2 rings (SSSR count). The largest absolute Gasteiger partial charge is 0.434 e. The lowest BCUT2D eigenvalue weighted by atomic mass is 10.3. The second kappa shape index (κ2) is 6.85. The summed E-state index contributed by atoms with van der Waals surface area (Å²) in [4.78, 5) is 18.4. The van der Waals surface area contributed by atoms with E-state index in [9.17, 15) is 10.1 Å². The van der Waals surface area contributed by atoms with E-state index in [4.69, 9.17) is 16.3 Å². The number of rotatable bonds is 6. The summed E-state index contributed by atoms with van der Waals surface area (Å²) in [6.07, 6.45) is 2.03. The third-order valence-corrected chi connectivity index (χ3v) is 2.79. The van der Waals surface area contributed by atoms with Crippen molar-refractivity contribution in [3.63, 3.8) is 0 Å². The highest BCUT2D eigenvalue weighted by Gasteiger charge is 2.24. The number of halogens is 1. The molecule has 0 aliphatic heterocycles. The van der Waals surface area contributed by atoms with Crippen LogP contribution in [0.1, 0.15) is 13.3 Å². The first-order valence-corrected chi connectivity index (χ1v) is 6.66. The molecular formula is C13H13ClN4O3. The topological polar surface area (TPSA) is 90.2 Å². The average Bonchev–Trinajstić information content (AvgIpc) is 2.47. The average molecular weight is 309 g/mol. The van der Waals surface area contributed by atoms with Crippen LogP contribution >= 0.6 is 11.6 Å². The minimum absolute atomic E-state index is 0.115. The van der Waals surface area contributed by atoms with Gasteiger partial charge in [0, 0.05) is 11.6 Å². The Hall–Kier alpha value is -2.41. The maximum absolute atomic E-state index is 11.2. The molecule has 0 radical (unpaired) electrons. The second-order valence-corrected chi connectivity index (χ2v) is 4.55. The summed E-state index contributed by atoms with van der Waals surface area (Å²) in [7, 11) is 0. The summed E-state index contributed by atoms with van der Waals surface area (Å²) < 4.78 is 5.46. The number of hydrogen-bond acceptors (Lipinski definition) is 6. The highest BCUT2D eigenvalue weighted by Crippen LogP contribution is 2.34. The smallest absolute Gasteiger partial charge is 0.373 e. The molecule has 2 aromatic rings. The molecule has 0 unspecified atom stereocenters. The molecule has 110 valence electrons. The van der Waals surface area contributed by atoms with Gasteiger partial charge in [0.25, 0.3) is 0 Å². The van der Waals surface area contributed by atoms with Crippen LogP contribution in [0.2, 0.25) is 5.02 Å². The van der Waals surface area contributed by atoms with E-state index in [0.717, 1.165) is 6.42 Å². The van der Waals surface area contributed by atoms with E-state index in [1.165, 1.54) is 6.33 Å². The van der Waals surface area contributed by atoms with Crippen LogP contribution in [0.5, 0.6) is 11.6 Å². The minimum atomic E-state index is -0.566. The lowest BCUT2D eigenvalue weighted by molar-refractivity contribution is -0.385. The fourth-order valence-electron chi connectivity index (χ4n) is 1.59. The van der Waals surface area contributed by atoms with Gasteiger partial charge in [-0.15, -0.1) is 0 Å². The second-order valence-electron chi connectivity index (χ2n) is 4.12. The SMILES string of the molecule is CCCNc1ncnc(Oc2ccc(Cl)cc2)c1[N+](=O)[O-]. The van der Waals surface area contributed by atoms with Gasteiger partial charge in [-0.25, -0.2) is 4.98 Å². The van der Waals surface area contributed by atoms with E-state index in [2.05, 4.69) is 15.3 Å². The van der Waals surface area contributed by atoms with E-state index in [-0.39, 0.29) is 17.4 Å². The maximum Gasteiger partial charge on any atom is 0.373 e. The van der Waals surface area contributed by atoms with Crippen molar-refractivity contribution in [2.45, 2.75) is 13.3 Å². The fourth-order valence-corrected chi connectivity index (χ4v) is 1.71. The van der Waals surface area contributed by atoms with Gasteiger partial charge >= 0.3 is 11.6 Å². The Bertz CT molecular complexity index is 634. The lowest BCUT2D eigenvalue weighted by Crippen LogP contribution is -2.07. The molecule has 0 amide bonds. The normalized spacial score (nSPS) is 10.2. The molecular weight excluding hydrogens is 296 g/mol. The number of ether oxygens (including phenoxy) is 1. The quantitative estimate of drug-likeness (QED) is 0.647. The summed E-state index contributed by atoms with van der Waals surface area (Å²) in [5.41, 5.74) is -0.291. The molecule has 1 aromatic carbocycles. The van der Waals surface area contributed by atoms with Crippen LogP contribution in [-0.2, 0) is 0 Å². The van der Waals surface area contributed by atoms with Crippen molar-refractivity contribution in [2.24, 2.45) is 0 Å². The number of benzene rings is 1. The first kappa shape index (κ1) is 15.0. The van der Waals surface area contributed by atoms with E-state index in [1.807, 2.05) is 6.92 Å². The first-order valence-electron chi connectivity index (χ1n) is 6.28. The molecule has 0 aliphatic rings. The molecule has 1 aromatic heterocycles. The Balaban J connectivity index is 2.33. The van der Waals surface area contributed by atoms with Crippen LogP contribution in [0.3, 0.4) is 0 Å². The zero-order valence-electron chi connectivity index (χ0n) is 11.2. The predicted molar refractivity (Wildman–Crippen MR) is 79.0 cm³/mol. The van der Waals surface area contributed by atoms with Gasteiger partial charge in [0.15, 0.2) is 0 Å². The van der Waals surface area contributed by atoms with Crippen molar-refractivity contribution in [3.8, 4) is 11.6 Å². The zero-order valence-corrected chi connectivity index (χ0v) is 12.0. The number of aromatic nitrogens is 2. The standard InChI is InChI=1S/C13H13ClN4O3/c1-2-7-15-12-11(18(19)20)13(17-8-16-12)21-10-5-3-9(14)4-6-10/h3-6,8H,2,7H2,1H3,(H,15,16,17). The van der Waals surface area contributed by atoms with Gasteiger partial charge in [0.2, 0.25) is 5.82 Å². The van der Waals surface area contributed by atoms with Gasteiger partial charge in [0.05, 0.1) is 4.92 Å². The van der Waals surface area contributed by atoms with Gasteiger partial charge in [-0.2, -0.15) is 4.98 Å². The van der Waals surface area contributed by atoms with Crippen LogP contribution in [0, 0.1) is 10.1 Å². The molecule has 7 nitrogen and oxygen atoms in total. The van der Waals surface area contributed by atoms with Crippen molar-refractivity contribution in [1.29, 1.82) is 0 Å². The van der Waals surface area contributed by atoms with E-state index >= 15 is 0 Å². The monoisotopic (exact) mass is 308 g/mol. The third-order valence-electron chi connectivity index (χ3n) is 2.54. The number of nitrogens with one attached hydrogen (secondary N) is 1. The molecule has 0 bridgehead atoms. The molecule has 1 N–H and O–H groups in total. The number of nitro groups is 1. The molecule has 0 spiro atoms. The molecule has 0 aliphatic carbocycles. The highest BCUT2D eigenvalue weighted by atomic mass is 35.5. The molecule has 21 heavy (non-hydrogen) atoms. The van der Waals surface area contributed by atoms with Crippen LogP contribution in [0.15, 0.2) is 30.6 Å². The summed E-state index contributed by atoms with van der Waals surface area (Å²) >= 11 is 5.78. The van der Waals surface area contributed by atoms with E-state index < -0.39 is 4.92 Å². The molecule has 8 heteroatoms. The number of nitrogens with zero attached hydrogens (tertiary/aromatic N) is 3. The Morgan fingerprint density at radius 2 is 2.05 bits per heavy atom. The molecule has 0 saturated heterocycles. The fraction of sp³-hybridized carbons (Fsp3) is 0.231. The Morgan fingerprint density at radius 1 is 1.33 bits per heavy atom. The van der Waals surface area contributed by atoms with Gasteiger partial charge < -0.3 is 10.1 Å². The highest BCUT2D eigenvalue weighted by molar-refractivity contribution is 6.30. The van der Waals surface area contributed by atoms with Crippen molar-refractivity contribution >= 4 is 23.1 Å². The lowest BCUT2D eigenvalue weighted by Gasteiger charge is -2.08. The van der Waals surface area contributed by atoms with Gasteiger partial charge in [0.1, 0.15) is 12.1 Å². The van der Waals surface area contributed by atoms with Crippen molar-refractivity contribution in [3.05, 3.63) is 45.7 Å². The van der Waals surface area contributed by atoms with Crippen molar-refractivity contribution < 1.29 is 9.66 Å².